The monoisotopic (exact) mass is 598 g/mol. The molecule has 10 heteroatoms. The molecule has 44 heavy (non-hydrogen) atoms. The van der Waals surface area contributed by atoms with Gasteiger partial charge in [0.05, 0.1) is 28.6 Å². The van der Waals surface area contributed by atoms with Gasteiger partial charge in [-0.2, -0.15) is 0 Å². The van der Waals surface area contributed by atoms with Crippen LogP contribution < -0.4 is 10.2 Å². The zero-order valence-corrected chi connectivity index (χ0v) is 25.2. The Labute approximate surface area is 257 Å². The molecule has 0 saturated carbocycles. The number of dihydropyridines is 1. The van der Waals surface area contributed by atoms with Gasteiger partial charge in [0, 0.05) is 55.4 Å². The number of carbonyl (C=O) groups excluding carboxylic acids is 1. The highest BCUT2D eigenvalue weighted by Crippen LogP contribution is 2.39. The van der Waals surface area contributed by atoms with E-state index in [0.29, 0.717) is 29.9 Å². The fraction of sp³-hybridized carbons (Fsp3) is 0.294. The van der Waals surface area contributed by atoms with Crippen molar-refractivity contribution in [1.29, 1.82) is 0 Å². The van der Waals surface area contributed by atoms with Gasteiger partial charge in [-0.1, -0.05) is 60.7 Å². The Balaban J connectivity index is 1.37. The minimum atomic E-state index is -1.22. The molecule has 0 aliphatic carbocycles. The molecule has 0 fully saturated rings. The number of carbonyl (C=O) groups is 2. The molecule has 1 aliphatic rings. The largest absolute Gasteiger partial charge is 0.478 e. The van der Waals surface area contributed by atoms with Crippen LogP contribution in [0.15, 0.2) is 107 Å². The lowest BCUT2D eigenvalue weighted by molar-refractivity contribution is -0.384. The molecule has 1 heterocycles. The van der Waals surface area contributed by atoms with Crippen LogP contribution in [0.25, 0.3) is 0 Å². The number of non-ortho nitro benzene ring substituents is 1. The van der Waals surface area contributed by atoms with Crippen molar-refractivity contribution >= 4 is 23.3 Å². The maximum atomic E-state index is 13.4. The van der Waals surface area contributed by atoms with E-state index in [-0.39, 0.29) is 23.4 Å². The number of nitro benzene ring substituents is 1. The fourth-order valence-electron chi connectivity index (χ4n) is 5.42. The number of esters is 1. The third-order valence-corrected chi connectivity index (χ3v) is 7.63. The predicted molar refractivity (Wildman–Crippen MR) is 169 cm³/mol. The molecule has 1 atom stereocenters. The molecule has 0 radical (unpaired) electrons. The lowest BCUT2D eigenvalue weighted by atomic mass is 9.80. The first kappa shape index (κ1) is 32.0. The summed E-state index contributed by atoms with van der Waals surface area (Å²) in [6.45, 7) is 6.49. The third kappa shape index (κ3) is 8.11. The first-order valence-corrected chi connectivity index (χ1v) is 14.5. The van der Waals surface area contributed by atoms with E-state index in [4.69, 9.17) is 4.74 Å². The number of anilines is 1. The molecule has 0 aromatic heterocycles. The first-order valence-electron chi connectivity index (χ1n) is 14.5. The van der Waals surface area contributed by atoms with Crippen LogP contribution in [0, 0.1) is 10.1 Å². The standard InChI is InChI=1S/C34H38N4O6/c1-24-30(33(39)40)32(27-14-10-17-29(22-27)38(42)43)31(25(2)35-24)34(41)44-21-11-18-36(3)19-20-37(28-15-8-5-9-16-28)23-26-12-6-4-7-13-26/h4-10,12-17,22,32,35H,11,18-21,23H2,1-3H3,(H,39,40). The zero-order chi connectivity index (χ0) is 31.6. The number of benzene rings is 3. The molecule has 2 N–H and O–H groups in total. The summed E-state index contributed by atoms with van der Waals surface area (Å²) >= 11 is 0. The maximum Gasteiger partial charge on any atom is 0.336 e. The first-order chi connectivity index (χ1) is 21.2. The average molecular weight is 599 g/mol. The highest BCUT2D eigenvalue weighted by molar-refractivity contribution is 5.99. The van der Waals surface area contributed by atoms with E-state index in [1.165, 1.54) is 23.8 Å². The minimum Gasteiger partial charge on any atom is -0.478 e. The number of likely N-dealkylation sites (N-methyl/N-ethyl adjacent to an activating group) is 1. The smallest absolute Gasteiger partial charge is 0.336 e. The number of hydrogen-bond donors (Lipinski definition) is 2. The van der Waals surface area contributed by atoms with E-state index in [0.717, 1.165) is 25.3 Å². The van der Waals surface area contributed by atoms with Crippen LogP contribution in [0.1, 0.15) is 37.3 Å². The van der Waals surface area contributed by atoms with Crippen molar-refractivity contribution < 1.29 is 24.4 Å². The lowest BCUT2D eigenvalue weighted by Crippen LogP contribution is -2.34. The Bertz CT molecular complexity index is 1540. The molecular formula is C34H38N4O6. The van der Waals surface area contributed by atoms with Crippen LogP contribution >= 0.6 is 0 Å². The van der Waals surface area contributed by atoms with Gasteiger partial charge < -0.3 is 25.0 Å². The zero-order valence-electron chi connectivity index (χ0n) is 25.2. The second-order valence-corrected chi connectivity index (χ2v) is 10.8. The summed E-state index contributed by atoms with van der Waals surface area (Å²) < 4.78 is 5.65. The van der Waals surface area contributed by atoms with E-state index < -0.39 is 22.8 Å². The van der Waals surface area contributed by atoms with Crippen molar-refractivity contribution in [3.05, 3.63) is 129 Å². The summed E-state index contributed by atoms with van der Waals surface area (Å²) in [6.07, 6.45) is 0.578. The number of hydrogen-bond acceptors (Lipinski definition) is 8. The molecule has 3 aromatic rings. The SMILES string of the molecule is CC1=C(C(=O)O)C(c2cccc([N+](=O)[O-])c2)C(C(=O)OCCCN(C)CCN(Cc2ccccc2)c2ccccc2)=C(C)N1. The Morgan fingerprint density at radius 1 is 0.909 bits per heavy atom. The van der Waals surface area contributed by atoms with Gasteiger partial charge in [0.15, 0.2) is 0 Å². The maximum absolute atomic E-state index is 13.4. The number of allylic oxidation sites excluding steroid dienone is 2. The van der Waals surface area contributed by atoms with Crippen LogP contribution in [0.3, 0.4) is 0 Å². The van der Waals surface area contributed by atoms with Crippen molar-refractivity contribution in [2.24, 2.45) is 0 Å². The fourth-order valence-corrected chi connectivity index (χ4v) is 5.42. The molecule has 10 nitrogen and oxygen atoms in total. The number of carboxylic acids is 1. The molecule has 1 unspecified atom stereocenters. The summed E-state index contributed by atoms with van der Waals surface area (Å²) in [7, 11) is 2.02. The second-order valence-electron chi connectivity index (χ2n) is 10.8. The summed E-state index contributed by atoms with van der Waals surface area (Å²) in [5, 5.41) is 24.4. The molecule has 1 aliphatic heterocycles. The molecule has 4 rings (SSSR count). The summed E-state index contributed by atoms with van der Waals surface area (Å²) in [5.74, 6) is -2.89. The van der Waals surface area contributed by atoms with Gasteiger partial charge in [-0.15, -0.1) is 0 Å². The van der Waals surface area contributed by atoms with Gasteiger partial charge in [0.2, 0.25) is 0 Å². The number of rotatable bonds is 14. The molecule has 0 saturated heterocycles. The van der Waals surface area contributed by atoms with Gasteiger partial charge in [0.25, 0.3) is 5.69 Å². The molecule has 3 aromatic carbocycles. The van der Waals surface area contributed by atoms with Gasteiger partial charge in [0.1, 0.15) is 0 Å². The van der Waals surface area contributed by atoms with E-state index >= 15 is 0 Å². The predicted octanol–water partition coefficient (Wildman–Crippen LogP) is 5.49. The van der Waals surface area contributed by atoms with Gasteiger partial charge in [-0.3, -0.25) is 10.1 Å². The Kier molecular flexibility index (Phi) is 10.9. The highest BCUT2D eigenvalue weighted by Gasteiger charge is 2.37. The number of carboxylic acid groups (broad SMARTS) is 1. The number of nitrogens with one attached hydrogen (secondary N) is 1. The minimum absolute atomic E-state index is 0.0544. The van der Waals surface area contributed by atoms with E-state index in [1.807, 2.05) is 43.4 Å². The van der Waals surface area contributed by atoms with Crippen molar-refractivity contribution in [3.63, 3.8) is 0 Å². The molecule has 230 valence electrons. The average Bonchev–Trinajstić information content (AvgIpc) is 3.01. The van der Waals surface area contributed by atoms with E-state index in [2.05, 4.69) is 39.4 Å². The van der Waals surface area contributed by atoms with Crippen molar-refractivity contribution in [3.8, 4) is 0 Å². The van der Waals surface area contributed by atoms with Crippen molar-refractivity contribution in [2.75, 3.05) is 38.2 Å². The number of para-hydroxylation sites is 1. The molecule has 0 amide bonds. The second kappa shape index (κ2) is 15.0. The summed E-state index contributed by atoms with van der Waals surface area (Å²) in [4.78, 5) is 41.0. The van der Waals surface area contributed by atoms with E-state index in [9.17, 15) is 24.8 Å². The van der Waals surface area contributed by atoms with Crippen LogP contribution in [0.2, 0.25) is 0 Å². The molecule has 0 spiro atoms. The van der Waals surface area contributed by atoms with Gasteiger partial charge in [-0.25, -0.2) is 9.59 Å². The molecule has 0 bridgehead atoms. The van der Waals surface area contributed by atoms with Crippen LogP contribution in [0.5, 0.6) is 0 Å². The number of nitrogens with zero attached hydrogens (tertiary/aromatic N) is 3. The Morgan fingerprint density at radius 3 is 2.23 bits per heavy atom. The van der Waals surface area contributed by atoms with Gasteiger partial charge >= 0.3 is 11.9 Å². The normalized spacial score (nSPS) is 14.8. The third-order valence-electron chi connectivity index (χ3n) is 7.63. The topological polar surface area (TPSA) is 125 Å². The van der Waals surface area contributed by atoms with Crippen LogP contribution in [0.4, 0.5) is 11.4 Å². The van der Waals surface area contributed by atoms with Crippen molar-refractivity contribution in [2.45, 2.75) is 32.7 Å². The molecular weight excluding hydrogens is 560 g/mol. The number of nitro groups is 1. The summed E-state index contributed by atoms with van der Waals surface area (Å²) in [5.41, 5.74) is 3.40. The van der Waals surface area contributed by atoms with Gasteiger partial charge in [-0.05, 0) is 50.6 Å². The Hall–Kier alpha value is -4.96. The van der Waals surface area contributed by atoms with E-state index in [1.54, 1.807) is 19.9 Å². The van der Waals surface area contributed by atoms with Crippen molar-refractivity contribution in [1.82, 2.24) is 10.2 Å². The number of ether oxygens (including phenoxy) is 1. The summed E-state index contributed by atoms with van der Waals surface area (Å²) in [6, 6.07) is 26.3. The van der Waals surface area contributed by atoms with Crippen LogP contribution in [-0.4, -0.2) is 60.2 Å². The lowest BCUT2D eigenvalue weighted by Gasteiger charge is -2.29. The van der Waals surface area contributed by atoms with Crippen LogP contribution in [-0.2, 0) is 20.9 Å². The Morgan fingerprint density at radius 2 is 1.57 bits per heavy atom. The quantitative estimate of drug-likeness (QED) is 0.107. The number of aliphatic carboxylic acids is 1. The highest BCUT2D eigenvalue weighted by atomic mass is 16.6.